The molecule has 1 aromatic carbocycles. The lowest BCUT2D eigenvalue weighted by molar-refractivity contribution is 0.149. The van der Waals surface area contributed by atoms with Crippen molar-refractivity contribution >= 4 is 28.6 Å². The number of aliphatic hydroxyl groups is 1. The highest BCUT2D eigenvalue weighted by atomic mass is 32.2. The molecular formula is C18H22N6OS. The lowest BCUT2D eigenvalue weighted by Crippen LogP contribution is -2.21. The van der Waals surface area contributed by atoms with Crippen LogP contribution < -0.4 is 5.73 Å². The second-order valence-corrected chi connectivity index (χ2v) is 7.71. The molecule has 1 aliphatic rings. The monoisotopic (exact) mass is 370 g/mol. The van der Waals surface area contributed by atoms with Crippen LogP contribution in [-0.4, -0.2) is 55.1 Å². The minimum absolute atomic E-state index is 0.276. The van der Waals surface area contributed by atoms with Crippen molar-refractivity contribution in [1.29, 1.82) is 0 Å². The van der Waals surface area contributed by atoms with Crippen molar-refractivity contribution in [2.24, 2.45) is 5.92 Å². The molecule has 0 bridgehead atoms. The molecule has 3 aromatic rings. The third-order valence-corrected chi connectivity index (χ3v) is 5.95. The number of nitrogens with two attached hydrogens (primary N) is 1. The summed E-state index contributed by atoms with van der Waals surface area (Å²) in [6.07, 6.45) is 1.16. The first kappa shape index (κ1) is 17.3. The van der Waals surface area contributed by atoms with Gasteiger partial charge in [0, 0.05) is 37.1 Å². The molecule has 2 atom stereocenters. The number of aliphatic hydroxyl groups excluding tert-OH is 1. The Morgan fingerprint density at radius 1 is 1.19 bits per heavy atom. The van der Waals surface area contributed by atoms with Gasteiger partial charge >= 0.3 is 0 Å². The van der Waals surface area contributed by atoms with Crippen LogP contribution in [-0.2, 0) is 12.3 Å². The molecule has 0 unspecified atom stereocenters. The Morgan fingerprint density at radius 2 is 2.04 bits per heavy atom. The topological polar surface area (TPSA) is 104 Å². The number of aromatic amines is 1. The summed E-state index contributed by atoms with van der Waals surface area (Å²) in [5, 5.41) is 17.6. The predicted molar refractivity (Wildman–Crippen MR) is 103 cm³/mol. The van der Waals surface area contributed by atoms with Crippen LogP contribution in [0.1, 0.15) is 11.3 Å². The number of β-amino-alcohol motifs (C(OH)–C–C–N with tert-alkyl or cyclic N) is 1. The number of nitrogens with zero attached hydrogens (tertiary/aromatic N) is 4. The minimum atomic E-state index is -0.299. The second-order valence-electron chi connectivity index (χ2n) is 6.68. The van der Waals surface area contributed by atoms with Gasteiger partial charge in [0.15, 0.2) is 11.3 Å². The average molecular weight is 370 g/mol. The first-order valence-electron chi connectivity index (χ1n) is 8.66. The van der Waals surface area contributed by atoms with E-state index in [1.54, 1.807) is 0 Å². The number of nitrogen functional groups attached to an aromatic ring is 1. The third kappa shape index (κ3) is 3.67. The van der Waals surface area contributed by atoms with E-state index >= 15 is 0 Å². The summed E-state index contributed by atoms with van der Waals surface area (Å²) in [6.45, 7) is 2.20. The van der Waals surface area contributed by atoms with Crippen LogP contribution in [0, 0.1) is 5.92 Å². The predicted octanol–water partition coefficient (Wildman–Crippen LogP) is 1.66. The summed E-state index contributed by atoms with van der Waals surface area (Å²) in [5.41, 5.74) is 9.44. The summed E-state index contributed by atoms with van der Waals surface area (Å²) in [6, 6.07) is 10.4. The number of fused-ring (bicyclic) bond motifs is 1. The van der Waals surface area contributed by atoms with Crippen molar-refractivity contribution in [3.8, 4) is 0 Å². The molecule has 0 spiro atoms. The zero-order valence-corrected chi connectivity index (χ0v) is 15.2. The molecule has 1 saturated heterocycles. The first-order valence-corrected chi connectivity index (χ1v) is 9.81. The van der Waals surface area contributed by atoms with Gasteiger partial charge in [-0.15, -0.1) is 0 Å². The normalized spacial score (nSPS) is 20.8. The minimum Gasteiger partial charge on any atom is -0.391 e. The van der Waals surface area contributed by atoms with Crippen molar-refractivity contribution in [3.05, 3.63) is 47.9 Å². The number of H-pyrrole nitrogens is 1. The Bertz CT molecular complexity index is 871. The van der Waals surface area contributed by atoms with Crippen LogP contribution in [0.2, 0.25) is 0 Å². The lowest BCUT2D eigenvalue weighted by atomic mass is 10.1. The summed E-state index contributed by atoms with van der Waals surface area (Å²) < 4.78 is 0. The highest BCUT2D eigenvalue weighted by molar-refractivity contribution is 7.98. The van der Waals surface area contributed by atoms with E-state index in [1.807, 2.05) is 17.8 Å². The molecule has 0 amide bonds. The Labute approximate surface area is 156 Å². The standard InChI is InChI=1S/C18H22N6OS/c19-18-17-16(20-11-21-18)14(22-23-17)7-24-6-13(15(25)8-24)10-26-9-12-4-2-1-3-5-12/h1-5,11,13,15,25H,6-10H2,(H,22,23)(H2,19,20,21)/t13-,15+/m0/s1. The van der Waals surface area contributed by atoms with Crippen molar-refractivity contribution in [1.82, 2.24) is 25.1 Å². The van der Waals surface area contributed by atoms with Crippen LogP contribution in [0.15, 0.2) is 36.7 Å². The van der Waals surface area contributed by atoms with E-state index in [2.05, 4.69) is 49.3 Å². The summed E-state index contributed by atoms with van der Waals surface area (Å²) in [4.78, 5) is 10.5. The maximum atomic E-state index is 10.4. The van der Waals surface area contributed by atoms with Gasteiger partial charge in [-0.2, -0.15) is 16.9 Å². The number of thioether (sulfide) groups is 1. The first-order chi connectivity index (χ1) is 12.7. The Balaban J connectivity index is 1.34. The molecule has 1 aliphatic heterocycles. The number of rotatable bonds is 6. The van der Waals surface area contributed by atoms with Gasteiger partial charge in [-0.1, -0.05) is 30.3 Å². The smallest absolute Gasteiger partial charge is 0.155 e. The summed E-state index contributed by atoms with van der Waals surface area (Å²) in [7, 11) is 0. The highest BCUT2D eigenvalue weighted by Gasteiger charge is 2.31. The van der Waals surface area contributed by atoms with Crippen molar-refractivity contribution in [3.63, 3.8) is 0 Å². The second kappa shape index (κ2) is 7.61. The van der Waals surface area contributed by atoms with E-state index in [0.29, 0.717) is 24.4 Å². The molecule has 2 aromatic heterocycles. The lowest BCUT2D eigenvalue weighted by Gasteiger charge is -2.14. The van der Waals surface area contributed by atoms with Crippen molar-refractivity contribution in [2.75, 3.05) is 24.6 Å². The summed E-state index contributed by atoms with van der Waals surface area (Å²) in [5.74, 6) is 2.59. The van der Waals surface area contributed by atoms with Gasteiger partial charge in [0.1, 0.15) is 11.8 Å². The fourth-order valence-electron chi connectivity index (χ4n) is 3.37. The van der Waals surface area contributed by atoms with E-state index in [1.165, 1.54) is 11.9 Å². The quantitative estimate of drug-likeness (QED) is 0.606. The maximum absolute atomic E-state index is 10.4. The SMILES string of the molecule is Nc1ncnc2c(CN3C[C@@H](CSCc4ccccc4)[C@H](O)C3)[nH]nc12. The molecule has 0 aliphatic carbocycles. The van der Waals surface area contributed by atoms with Gasteiger partial charge in [0.05, 0.1) is 11.8 Å². The largest absolute Gasteiger partial charge is 0.391 e. The number of aromatic nitrogens is 4. The number of likely N-dealkylation sites (tertiary alicyclic amines) is 1. The molecular weight excluding hydrogens is 348 g/mol. The van der Waals surface area contributed by atoms with Gasteiger partial charge in [-0.25, -0.2) is 9.97 Å². The molecule has 7 nitrogen and oxygen atoms in total. The van der Waals surface area contributed by atoms with Crippen molar-refractivity contribution in [2.45, 2.75) is 18.4 Å². The molecule has 136 valence electrons. The molecule has 0 saturated carbocycles. The molecule has 3 heterocycles. The fraction of sp³-hybridized carbons (Fsp3) is 0.389. The fourth-order valence-corrected chi connectivity index (χ4v) is 4.55. The van der Waals surface area contributed by atoms with Crippen LogP contribution in [0.5, 0.6) is 0 Å². The number of anilines is 1. The number of nitrogens with one attached hydrogen (secondary N) is 1. The molecule has 1 fully saturated rings. The molecule has 4 rings (SSSR count). The molecule has 0 radical (unpaired) electrons. The van der Waals surface area contributed by atoms with Crippen molar-refractivity contribution < 1.29 is 5.11 Å². The van der Waals surface area contributed by atoms with Crippen LogP contribution >= 0.6 is 11.8 Å². The van der Waals surface area contributed by atoms with Gasteiger partial charge < -0.3 is 10.8 Å². The van der Waals surface area contributed by atoms with Gasteiger partial charge in [-0.3, -0.25) is 10.00 Å². The Kier molecular flexibility index (Phi) is 5.05. The third-order valence-electron chi connectivity index (χ3n) is 4.75. The summed E-state index contributed by atoms with van der Waals surface area (Å²) >= 11 is 1.88. The zero-order valence-electron chi connectivity index (χ0n) is 14.4. The highest BCUT2D eigenvalue weighted by Crippen LogP contribution is 2.26. The van der Waals surface area contributed by atoms with Gasteiger partial charge in [0.25, 0.3) is 0 Å². The van der Waals surface area contributed by atoms with Gasteiger partial charge in [-0.05, 0) is 5.56 Å². The van der Waals surface area contributed by atoms with E-state index in [0.717, 1.165) is 29.3 Å². The number of hydrogen-bond donors (Lipinski definition) is 3. The van der Waals surface area contributed by atoms with Crippen LogP contribution in [0.3, 0.4) is 0 Å². The van der Waals surface area contributed by atoms with E-state index in [9.17, 15) is 5.11 Å². The van der Waals surface area contributed by atoms with Gasteiger partial charge in [0.2, 0.25) is 0 Å². The molecule has 4 N–H and O–H groups in total. The number of hydrogen-bond acceptors (Lipinski definition) is 7. The number of benzene rings is 1. The maximum Gasteiger partial charge on any atom is 0.155 e. The Morgan fingerprint density at radius 3 is 2.88 bits per heavy atom. The van der Waals surface area contributed by atoms with Crippen LogP contribution in [0.25, 0.3) is 11.0 Å². The van der Waals surface area contributed by atoms with E-state index < -0.39 is 0 Å². The average Bonchev–Trinajstić information content (AvgIpc) is 3.21. The van der Waals surface area contributed by atoms with E-state index in [4.69, 9.17) is 5.73 Å². The van der Waals surface area contributed by atoms with Crippen LogP contribution in [0.4, 0.5) is 5.82 Å². The zero-order chi connectivity index (χ0) is 17.9. The molecule has 26 heavy (non-hydrogen) atoms. The Hall–Kier alpha value is -2.16. The van der Waals surface area contributed by atoms with E-state index in [-0.39, 0.29) is 12.0 Å². The molecule has 8 heteroatoms.